The van der Waals surface area contributed by atoms with Crippen LogP contribution in [0.1, 0.15) is 49.4 Å². The first-order chi connectivity index (χ1) is 14.2. The normalized spacial score (nSPS) is 21.1. The van der Waals surface area contributed by atoms with E-state index in [9.17, 15) is 4.79 Å². The topological polar surface area (TPSA) is 69.0 Å². The molecular weight excluding hydrogens is 364 g/mol. The fourth-order valence-electron chi connectivity index (χ4n) is 4.74. The monoisotopic (exact) mass is 390 g/mol. The first-order valence-corrected chi connectivity index (χ1v) is 10.5. The van der Waals surface area contributed by atoms with Crippen LogP contribution in [0.25, 0.3) is 10.9 Å². The highest BCUT2D eigenvalue weighted by Crippen LogP contribution is 2.32. The molecule has 3 aromatic rings. The Morgan fingerprint density at radius 1 is 1.10 bits per heavy atom. The molecule has 0 radical (unpaired) electrons. The van der Waals surface area contributed by atoms with Gasteiger partial charge in [-0.25, -0.2) is 4.68 Å². The average Bonchev–Trinajstić information content (AvgIpc) is 3.21. The second-order valence-electron chi connectivity index (χ2n) is 8.14. The van der Waals surface area contributed by atoms with Gasteiger partial charge in [0.1, 0.15) is 5.75 Å². The Morgan fingerprint density at radius 3 is 2.79 bits per heavy atom. The molecule has 150 valence electrons. The van der Waals surface area contributed by atoms with Crippen LogP contribution in [0.2, 0.25) is 0 Å². The molecule has 1 N–H and O–H groups in total. The minimum atomic E-state index is 0.0641. The molecule has 1 aromatic carbocycles. The molecule has 2 aromatic heterocycles. The fraction of sp³-hybridized carbons (Fsp3) is 0.435. The molecule has 2 heterocycles. The summed E-state index contributed by atoms with van der Waals surface area (Å²) in [5, 5.41) is 9.48. The zero-order chi connectivity index (χ0) is 19.8. The van der Waals surface area contributed by atoms with Gasteiger partial charge < -0.3 is 10.1 Å². The Hall–Kier alpha value is -2.89. The van der Waals surface area contributed by atoms with E-state index in [1.54, 1.807) is 11.8 Å². The number of hydrogen-bond acceptors (Lipinski definition) is 5. The van der Waals surface area contributed by atoms with Crippen molar-refractivity contribution in [3.8, 4) is 5.75 Å². The maximum Gasteiger partial charge on any atom is 0.267 e. The number of fused-ring (bicyclic) bond motifs is 2. The summed E-state index contributed by atoms with van der Waals surface area (Å²) in [5.74, 6) is 0.833. The predicted molar refractivity (Wildman–Crippen MR) is 114 cm³/mol. The Balaban J connectivity index is 1.31. The smallest absolute Gasteiger partial charge is 0.267 e. The van der Waals surface area contributed by atoms with Crippen molar-refractivity contribution in [1.82, 2.24) is 14.8 Å². The number of ether oxygens (including phenoxy) is 1. The average molecular weight is 390 g/mol. The SMILES string of the molecule is COc1ccc2nccc(NC3CCC(n4nc5c(cc4=O)CCC5)CC3)c2c1. The van der Waals surface area contributed by atoms with Crippen molar-refractivity contribution in [2.75, 3.05) is 12.4 Å². The van der Waals surface area contributed by atoms with Crippen molar-refractivity contribution in [2.45, 2.75) is 57.0 Å². The lowest BCUT2D eigenvalue weighted by Crippen LogP contribution is -2.33. The summed E-state index contributed by atoms with van der Waals surface area (Å²) >= 11 is 0. The van der Waals surface area contributed by atoms with E-state index in [1.165, 1.54) is 0 Å². The van der Waals surface area contributed by atoms with Crippen LogP contribution in [0.4, 0.5) is 5.69 Å². The molecule has 0 spiro atoms. The summed E-state index contributed by atoms with van der Waals surface area (Å²) in [6, 6.07) is 10.4. The molecule has 0 aliphatic heterocycles. The molecule has 6 nitrogen and oxygen atoms in total. The van der Waals surface area contributed by atoms with Crippen LogP contribution in [0, 0.1) is 0 Å². The van der Waals surface area contributed by atoms with Crippen molar-refractivity contribution in [1.29, 1.82) is 0 Å². The predicted octanol–water partition coefficient (Wildman–Crippen LogP) is 3.88. The number of nitrogens with one attached hydrogen (secondary N) is 1. The van der Waals surface area contributed by atoms with E-state index in [2.05, 4.69) is 10.3 Å². The number of benzene rings is 1. The van der Waals surface area contributed by atoms with E-state index in [0.717, 1.165) is 78.5 Å². The highest BCUT2D eigenvalue weighted by atomic mass is 16.5. The first-order valence-electron chi connectivity index (χ1n) is 10.5. The van der Waals surface area contributed by atoms with Gasteiger partial charge in [-0.15, -0.1) is 0 Å². The van der Waals surface area contributed by atoms with Crippen molar-refractivity contribution in [3.63, 3.8) is 0 Å². The number of methoxy groups -OCH3 is 1. The van der Waals surface area contributed by atoms with Gasteiger partial charge >= 0.3 is 0 Å². The van der Waals surface area contributed by atoms with Crippen LogP contribution in [0.5, 0.6) is 5.75 Å². The van der Waals surface area contributed by atoms with Crippen LogP contribution < -0.4 is 15.6 Å². The third-order valence-corrected chi connectivity index (χ3v) is 6.33. The van der Waals surface area contributed by atoms with Crippen LogP contribution in [0.15, 0.2) is 41.3 Å². The van der Waals surface area contributed by atoms with E-state index in [4.69, 9.17) is 9.84 Å². The van der Waals surface area contributed by atoms with Gasteiger partial charge in [-0.1, -0.05) is 0 Å². The zero-order valence-corrected chi connectivity index (χ0v) is 16.7. The number of hydrogen-bond donors (Lipinski definition) is 1. The zero-order valence-electron chi connectivity index (χ0n) is 16.7. The maximum atomic E-state index is 12.5. The lowest BCUT2D eigenvalue weighted by Gasteiger charge is -2.30. The summed E-state index contributed by atoms with van der Waals surface area (Å²) in [5.41, 5.74) is 4.39. The summed E-state index contributed by atoms with van der Waals surface area (Å²) in [6.07, 6.45) is 8.94. The Labute approximate surface area is 169 Å². The molecule has 0 bridgehead atoms. The van der Waals surface area contributed by atoms with Crippen LogP contribution >= 0.6 is 0 Å². The van der Waals surface area contributed by atoms with Gasteiger partial charge in [0.2, 0.25) is 0 Å². The number of aromatic nitrogens is 3. The van der Waals surface area contributed by atoms with Crippen molar-refractivity contribution in [3.05, 3.63) is 58.1 Å². The standard InChI is InChI=1S/C23H26N4O2/c1-29-18-9-10-21-19(14-18)22(11-12-24-21)25-16-5-7-17(8-6-16)27-23(28)13-15-3-2-4-20(15)26-27/h9-14,16-17H,2-8H2,1H3,(H,24,25). The van der Waals surface area contributed by atoms with Crippen molar-refractivity contribution >= 4 is 16.6 Å². The third kappa shape index (κ3) is 3.48. The molecule has 1 saturated carbocycles. The highest BCUT2D eigenvalue weighted by Gasteiger charge is 2.25. The molecule has 0 unspecified atom stereocenters. The number of rotatable bonds is 4. The molecule has 0 atom stereocenters. The molecule has 5 rings (SSSR count). The fourth-order valence-corrected chi connectivity index (χ4v) is 4.74. The second kappa shape index (κ2) is 7.50. The van der Waals surface area contributed by atoms with E-state index >= 15 is 0 Å². The number of nitrogens with zero attached hydrogens (tertiary/aromatic N) is 3. The summed E-state index contributed by atoms with van der Waals surface area (Å²) in [6.45, 7) is 0. The Kier molecular flexibility index (Phi) is 4.70. The van der Waals surface area contributed by atoms with E-state index in [1.807, 2.05) is 36.5 Å². The molecule has 29 heavy (non-hydrogen) atoms. The molecule has 2 aliphatic rings. The number of pyridine rings is 1. The van der Waals surface area contributed by atoms with Crippen LogP contribution in [-0.2, 0) is 12.8 Å². The first kappa shape index (κ1) is 18.2. The van der Waals surface area contributed by atoms with Gasteiger partial charge in [-0.3, -0.25) is 9.78 Å². The number of anilines is 1. The minimum absolute atomic E-state index is 0.0641. The largest absolute Gasteiger partial charge is 0.497 e. The maximum absolute atomic E-state index is 12.5. The Bertz CT molecular complexity index is 1100. The van der Waals surface area contributed by atoms with Gasteiger partial charge in [0.05, 0.1) is 24.4 Å². The van der Waals surface area contributed by atoms with E-state index < -0.39 is 0 Å². The van der Waals surface area contributed by atoms with Gasteiger partial charge in [-0.2, -0.15) is 5.10 Å². The molecular formula is C23H26N4O2. The lowest BCUT2D eigenvalue weighted by atomic mass is 9.91. The molecule has 6 heteroatoms. The van der Waals surface area contributed by atoms with Crippen LogP contribution in [0.3, 0.4) is 0 Å². The van der Waals surface area contributed by atoms with Crippen molar-refractivity contribution in [2.24, 2.45) is 0 Å². The highest BCUT2D eigenvalue weighted by molar-refractivity contribution is 5.92. The van der Waals surface area contributed by atoms with Gasteiger partial charge in [-0.05, 0) is 74.8 Å². The molecule has 1 fully saturated rings. The Morgan fingerprint density at radius 2 is 1.97 bits per heavy atom. The number of aryl methyl sites for hydroxylation is 2. The molecule has 0 saturated heterocycles. The summed E-state index contributed by atoms with van der Waals surface area (Å²) < 4.78 is 7.14. The lowest BCUT2D eigenvalue weighted by molar-refractivity contribution is 0.302. The summed E-state index contributed by atoms with van der Waals surface area (Å²) in [7, 11) is 1.68. The van der Waals surface area contributed by atoms with Gasteiger partial charge in [0.25, 0.3) is 5.56 Å². The summed E-state index contributed by atoms with van der Waals surface area (Å²) in [4.78, 5) is 17.0. The van der Waals surface area contributed by atoms with Crippen LogP contribution in [-0.4, -0.2) is 27.9 Å². The van der Waals surface area contributed by atoms with Gasteiger partial charge in [0, 0.05) is 29.4 Å². The van der Waals surface area contributed by atoms with E-state index in [-0.39, 0.29) is 11.6 Å². The molecule has 2 aliphatic carbocycles. The quantitative estimate of drug-likeness (QED) is 0.732. The third-order valence-electron chi connectivity index (χ3n) is 6.33. The minimum Gasteiger partial charge on any atom is -0.497 e. The van der Waals surface area contributed by atoms with Gasteiger partial charge in [0.15, 0.2) is 0 Å². The second-order valence-corrected chi connectivity index (χ2v) is 8.14. The van der Waals surface area contributed by atoms with Crippen molar-refractivity contribution < 1.29 is 4.74 Å². The molecule has 0 amide bonds. The van der Waals surface area contributed by atoms with E-state index in [0.29, 0.717) is 6.04 Å².